The van der Waals surface area contributed by atoms with Crippen LogP contribution in [0.5, 0.6) is 5.75 Å². The van der Waals surface area contributed by atoms with Gasteiger partial charge in [-0.1, -0.05) is 30.3 Å². The van der Waals surface area contributed by atoms with Crippen molar-refractivity contribution < 1.29 is 28.6 Å². The van der Waals surface area contributed by atoms with Crippen LogP contribution >= 0.6 is 0 Å². The third kappa shape index (κ3) is 6.41. The second-order valence-corrected chi connectivity index (χ2v) is 9.15. The number of anilines is 1. The molecule has 36 heavy (non-hydrogen) atoms. The molecule has 0 aliphatic carbocycles. The van der Waals surface area contributed by atoms with E-state index in [1.807, 2.05) is 30.3 Å². The number of likely N-dealkylation sites (N-methyl/N-ethyl adjacent to an activating group) is 1. The van der Waals surface area contributed by atoms with Gasteiger partial charge in [0.25, 0.3) is 5.91 Å². The molecule has 0 spiro atoms. The Balaban J connectivity index is 1.34. The SMILES string of the molecule is COCC(=O)Nc1ccc2c(c1)C(=O)N(C)[C@@H]1CC[C@@H](CC(=O)NCCc3ccccc3)O[C@H]1CO2. The number of hydrogen-bond acceptors (Lipinski definition) is 6. The zero-order valence-electron chi connectivity index (χ0n) is 20.7. The Bertz CT molecular complexity index is 1080. The normalized spacial score (nSPS) is 21.3. The number of rotatable bonds is 8. The average Bonchev–Trinajstić information content (AvgIpc) is 2.87. The van der Waals surface area contributed by atoms with Gasteiger partial charge in [0.15, 0.2) is 0 Å². The summed E-state index contributed by atoms with van der Waals surface area (Å²) in [6.45, 7) is 0.762. The minimum atomic E-state index is -0.343. The number of ether oxygens (including phenoxy) is 3. The van der Waals surface area contributed by atoms with Crippen molar-refractivity contribution in [3.63, 3.8) is 0 Å². The highest BCUT2D eigenvalue weighted by atomic mass is 16.5. The van der Waals surface area contributed by atoms with E-state index < -0.39 is 0 Å². The lowest BCUT2D eigenvalue weighted by Gasteiger charge is -2.42. The van der Waals surface area contributed by atoms with E-state index in [2.05, 4.69) is 10.6 Å². The molecule has 4 rings (SSSR count). The predicted octanol–water partition coefficient (Wildman–Crippen LogP) is 2.40. The molecule has 0 saturated carbocycles. The fourth-order valence-corrected chi connectivity index (χ4v) is 4.70. The molecular formula is C27H33N3O6. The molecule has 0 aromatic heterocycles. The first kappa shape index (κ1) is 25.7. The first-order valence-corrected chi connectivity index (χ1v) is 12.2. The van der Waals surface area contributed by atoms with Gasteiger partial charge in [-0.05, 0) is 43.0 Å². The lowest BCUT2D eigenvalue weighted by Crippen LogP contribution is -2.54. The molecule has 1 saturated heterocycles. The van der Waals surface area contributed by atoms with Gasteiger partial charge in [-0.3, -0.25) is 14.4 Å². The topological polar surface area (TPSA) is 106 Å². The molecule has 1 fully saturated rings. The Hall–Kier alpha value is -3.43. The number of nitrogens with one attached hydrogen (secondary N) is 2. The number of carbonyl (C=O) groups excluding carboxylic acids is 3. The first-order valence-electron chi connectivity index (χ1n) is 12.2. The second kappa shape index (κ2) is 12.0. The van der Waals surface area contributed by atoms with Gasteiger partial charge in [0.1, 0.15) is 25.1 Å². The maximum absolute atomic E-state index is 13.3. The van der Waals surface area contributed by atoms with Crippen LogP contribution in [0.1, 0.15) is 35.2 Å². The highest BCUT2D eigenvalue weighted by Gasteiger charge is 2.39. The summed E-state index contributed by atoms with van der Waals surface area (Å²) >= 11 is 0. The molecule has 3 atom stereocenters. The summed E-state index contributed by atoms with van der Waals surface area (Å²) in [5, 5.41) is 5.69. The van der Waals surface area contributed by atoms with E-state index >= 15 is 0 Å². The molecule has 0 unspecified atom stereocenters. The van der Waals surface area contributed by atoms with Crippen molar-refractivity contribution in [2.75, 3.05) is 39.2 Å². The van der Waals surface area contributed by atoms with E-state index in [1.54, 1.807) is 30.1 Å². The molecule has 0 bridgehead atoms. The van der Waals surface area contributed by atoms with E-state index in [1.165, 1.54) is 12.7 Å². The van der Waals surface area contributed by atoms with Crippen LogP contribution in [-0.2, 0) is 25.5 Å². The quantitative estimate of drug-likeness (QED) is 0.583. The van der Waals surface area contributed by atoms with E-state index in [0.29, 0.717) is 36.4 Å². The lowest BCUT2D eigenvalue weighted by atomic mass is 9.94. The van der Waals surface area contributed by atoms with Crippen LogP contribution in [-0.4, -0.2) is 74.8 Å². The van der Waals surface area contributed by atoms with Gasteiger partial charge in [-0.25, -0.2) is 0 Å². The van der Waals surface area contributed by atoms with Gasteiger partial charge in [0, 0.05) is 26.4 Å². The minimum absolute atomic E-state index is 0.0426. The van der Waals surface area contributed by atoms with Gasteiger partial charge in [0.2, 0.25) is 11.8 Å². The van der Waals surface area contributed by atoms with Crippen molar-refractivity contribution in [3.8, 4) is 5.75 Å². The highest BCUT2D eigenvalue weighted by molar-refractivity contribution is 6.00. The Morgan fingerprint density at radius 1 is 1.11 bits per heavy atom. The Kier molecular flexibility index (Phi) is 8.56. The van der Waals surface area contributed by atoms with Crippen LogP contribution in [0.15, 0.2) is 48.5 Å². The summed E-state index contributed by atoms with van der Waals surface area (Å²) in [5.41, 5.74) is 2.06. The summed E-state index contributed by atoms with van der Waals surface area (Å²) in [6, 6.07) is 14.8. The van der Waals surface area contributed by atoms with Crippen molar-refractivity contribution in [1.82, 2.24) is 10.2 Å². The molecule has 192 valence electrons. The Morgan fingerprint density at radius 2 is 1.92 bits per heavy atom. The molecule has 2 heterocycles. The van der Waals surface area contributed by atoms with E-state index in [9.17, 15) is 14.4 Å². The average molecular weight is 496 g/mol. The summed E-state index contributed by atoms with van der Waals surface area (Å²) in [7, 11) is 3.20. The molecule has 2 aliphatic rings. The molecular weight excluding hydrogens is 462 g/mol. The van der Waals surface area contributed by atoms with E-state index in [4.69, 9.17) is 14.2 Å². The Morgan fingerprint density at radius 3 is 2.69 bits per heavy atom. The minimum Gasteiger partial charge on any atom is -0.490 e. The summed E-state index contributed by atoms with van der Waals surface area (Å²) < 4.78 is 17.1. The molecule has 2 aromatic carbocycles. The van der Waals surface area contributed by atoms with Crippen molar-refractivity contribution in [2.24, 2.45) is 0 Å². The highest BCUT2D eigenvalue weighted by Crippen LogP contribution is 2.32. The number of hydrogen-bond donors (Lipinski definition) is 2. The van der Waals surface area contributed by atoms with Crippen LogP contribution < -0.4 is 15.4 Å². The molecule has 3 amide bonds. The maximum atomic E-state index is 13.3. The second-order valence-electron chi connectivity index (χ2n) is 9.15. The molecule has 9 heteroatoms. The number of methoxy groups -OCH3 is 1. The number of nitrogens with zero attached hydrogens (tertiary/aromatic N) is 1. The van der Waals surface area contributed by atoms with Crippen molar-refractivity contribution >= 4 is 23.4 Å². The summed E-state index contributed by atoms with van der Waals surface area (Å²) in [6.07, 6.45) is 1.86. The fraction of sp³-hybridized carbons (Fsp3) is 0.444. The molecule has 2 aromatic rings. The standard InChI is InChI=1S/C27H33N3O6/c1-30-22-10-9-20(15-25(31)28-13-12-18-6-4-3-5-7-18)36-24(22)16-35-23-11-8-19(14-21(23)27(30)33)29-26(32)17-34-2/h3-8,11,14,20,22,24H,9-10,12-13,15-17H2,1-2H3,(H,28,31)(H,29,32)/t20-,22+,24-/m0/s1. The van der Waals surface area contributed by atoms with Gasteiger partial charge >= 0.3 is 0 Å². The third-order valence-corrected chi connectivity index (χ3v) is 6.56. The van der Waals surface area contributed by atoms with Crippen molar-refractivity contribution in [1.29, 1.82) is 0 Å². The molecule has 0 radical (unpaired) electrons. The number of fused-ring (bicyclic) bond motifs is 2. The number of carbonyl (C=O) groups is 3. The van der Waals surface area contributed by atoms with Crippen LogP contribution in [0.3, 0.4) is 0 Å². The third-order valence-electron chi connectivity index (χ3n) is 6.56. The largest absolute Gasteiger partial charge is 0.490 e. The summed E-state index contributed by atoms with van der Waals surface area (Å²) in [4.78, 5) is 39.3. The zero-order chi connectivity index (χ0) is 25.5. The van der Waals surface area contributed by atoms with Crippen LogP contribution in [0.4, 0.5) is 5.69 Å². The predicted molar refractivity (Wildman–Crippen MR) is 134 cm³/mol. The first-order chi connectivity index (χ1) is 17.4. The lowest BCUT2D eigenvalue weighted by molar-refractivity contribution is -0.134. The van der Waals surface area contributed by atoms with E-state index in [0.717, 1.165) is 6.42 Å². The van der Waals surface area contributed by atoms with E-state index in [-0.39, 0.29) is 55.6 Å². The maximum Gasteiger partial charge on any atom is 0.257 e. The monoisotopic (exact) mass is 495 g/mol. The van der Waals surface area contributed by atoms with Gasteiger partial charge < -0.3 is 29.7 Å². The molecule has 9 nitrogen and oxygen atoms in total. The molecule has 2 N–H and O–H groups in total. The summed E-state index contributed by atoms with van der Waals surface area (Å²) in [5.74, 6) is -0.123. The Labute approximate surface area is 211 Å². The van der Waals surface area contributed by atoms with Crippen molar-refractivity contribution in [3.05, 3.63) is 59.7 Å². The van der Waals surface area contributed by atoms with Gasteiger partial charge in [-0.15, -0.1) is 0 Å². The molecule has 2 aliphatic heterocycles. The number of benzene rings is 2. The van der Waals surface area contributed by atoms with Crippen molar-refractivity contribution in [2.45, 2.75) is 43.9 Å². The van der Waals surface area contributed by atoms with Gasteiger partial charge in [0.05, 0.1) is 24.1 Å². The van der Waals surface area contributed by atoms with Gasteiger partial charge in [-0.2, -0.15) is 0 Å². The fourth-order valence-electron chi connectivity index (χ4n) is 4.70. The smallest absolute Gasteiger partial charge is 0.257 e. The van der Waals surface area contributed by atoms with Crippen LogP contribution in [0.25, 0.3) is 0 Å². The number of amides is 3. The zero-order valence-corrected chi connectivity index (χ0v) is 20.7. The van der Waals surface area contributed by atoms with Crippen LogP contribution in [0, 0.1) is 0 Å². The van der Waals surface area contributed by atoms with Crippen LogP contribution in [0.2, 0.25) is 0 Å².